The number of sulfonamides is 1. The molecule has 0 atom stereocenters. The van der Waals surface area contributed by atoms with E-state index in [4.69, 9.17) is 0 Å². The van der Waals surface area contributed by atoms with Gasteiger partial charge in [0.1, 0.15) is 15.6 Å². The summed E-state index contributed by atoms with van der Waals surface area (Å²) in [6, 6.07) is 10.8. The van der Waals surface area contributed by atoms with E-state index in [1.165, 1.54) is 29.8 Å². The van der Waals surface area contributed by atoms with Crippen molar-refractivity contribution in [2.75, 3.05) is 19.6 Å². The average Bonchev–Trinajstić information content (AvgIpc) is 3.16. The van der Waals surface area contributed by atoms with E-state index in [0.29, 0.717) is 5.52 Å². The van der Waals surface area contributed by atoms with Crippen molar-refractivity contribution >= 4 is 36.7 Å². The van der Waals surface area contributed by atoms with Crippen LogP contribution in [0.1, 0.15) is 12.8 Å². The average molecular weight is 562 g/mol. The summed E-state index contributed by atoms with van der Waals surface area (Å²) in [6.45, 7) is -0.474. The van der Waals surface area contributed by atoms with E-state index in [9.17, 15) is 39.2 Å². The number of aromatic nitrogens is 1. The van der Waals surface area contributed by atoms with Crippen LogP contribution in [-0.2, 0) is 31.7 Å². The van der Waals surface area contributed by atoms with E-state index in [0.717, 1.165) is 16.4 Å². The molecule has 0 unspecified atom stereocenters. The molecule has 14 heteroatoms. The van der Waals surface area contributed by atoms with Crippen LogP contribution >= 0.6 is 0 Å². The van der Waals surface area contributed by atoms with Crippen molar-refractivity contribution in [3.8, 4) is 0 Å². The third kappa shape index (κ3) is 4.97. The molecule has 1 N–H and O–H groups in total. The largest absolute Gasteiger partial charge is 0.471 e. The molecular formula is C23H23F4N3O5S2. The van der Waals surface area contributed by atoms with E-state index in [2.05, 4.69) is 0 Å². The number of halogens is 4. The van der Waals surface area contributed by atoms with Crippen molar-refractivity contribution in [3.05, 3.63) is 54.3 Å². The molecule has 0 radical (unpaired) electrons. The summed E-state index contributed by atoms with van der Waals surface area (Å²) in [5.41, 5.74) is 0.306. The predicted molar refractivity (Wildman–Crippen MR) is 125 cm³/mol. The lowest BCUT2D eigenvalue weighted by molar-refractivity contribution is -0.173. The van der Waals surface area contributed by atoms with Gasteiger partial charge in [0.25, 0.3) is 10.0 Å². The molecule has 0 bridgehead atoms. The van der Waals surface area contributed by atoms with E-state index < -0.39 is 58.5 Å². The number of aryl methyl sites for hydroxylation is 1. The van der Waals surface area contributed by atoms with Gasteiger partial charge in [0.05, 0.1) is 5.52 Å². The van der Waals surface area contributed by atoms with E-state index in [-0.39, 0.29) is 37.9 Å². The summed E-state index contributed by atoms with van der Waals surface area (Å²) in [7, 11) is -7.67. The molecule has 4 rings (SSSR count). The lowest BCUT2D eigenvalue weighted by Crippen LogP contribution is -2.44. The summed E-state index contributed by atoms with van der Waals surface area (Å²) < 4.78 is 109. The first-order valence-corrected chi connectivity index (χ1v) is 14.1. The van der Waals surface area contributed by atoms with Gasteiger partial charge in [-0.3, -0.25) is 4.79 Å². The predicted octanol–water partition coefficient (Wildman–Crippen LogP) is 3.23. The van der Waals surface area contributed by atoms with Crippen molar-refractivity contribution in [2.45, 2.75) is 33.8 Å². The Kier molecular flexibility index (Phi) is 7.12. The third-order valence-corrected chi connectivity index (χ3v) is 10.4. The van der Waals surface area contributed by atoms with Gasteiger partial charge in [-0.15, -0.1) is 0 Å². The minimum Gasteiger partial charge on any atom is -0.348 e. The number of carbonyl (C=O) groups is 1. The molecule has 0 spiro atoms. The zero-order chi connectivity index (χ0) is 27.2. The second-order valence-electron chi connectivity index (χ2n) is 8.70. The van der Waals surface area contributed by atoms with Crippen molar-refractivity contribution in [3.63, 3.8) is 0 Å². The molecule has 0 saturated carbocycles. The number of carbonyl (C=O) groups excluding carboxylic acids is 1. The van der Waals surface area contributed by atoms with E-state index in [1.807, 2.05) is 0 Å². The van der Waals surface area contributed by atoms with Gasteiger partial charge in [-0.05, 0) is 37.0 Å². The van der Waals surface area contributed by atoms with Crippen LogP contribution in [0.5, 0.6) is 0 Å². The van der Waals surface area contributed by atoms with Crippen LogP contribution in [0, 0.1) is 11.7 Å². The van der Waals surface area contributed by atoms with E-state index in [1.54, 1.807) is 23.5 Å². The Hall–Kier alpha value is -2.97. The molecule has 2 aromatic carbocycles. The Bertz CT molecular complexity index is 1560. The molecule has 1 saturated heterocycles. The maximum absolute atomic E-state index is 14.6. The van der Waals surface area contributed by atoms with Crippen LogP contribution in [0.4, 0.5) is 17.6 Å². The van der Waals surface area contributed by atoms with Crippen LogP contribution < -0.4 is 5.32 Å². The van der Waals surface area contributed by atoms with Crippen molar-refractivity contribution in [2.24, 2.45) is 13.0 Å². The Morgan fingerprint density at radius 3 is 2.22 bits per heavy atom. The molecule has 1 aliphatic heterocycles. The Labute approximate surface area is 210 Å². The number of benzene rings is 2. The topological polar surface area (TPSA) is 106 Å². The lowest BCUT2D eigenvalue weighted by Gasteiger charge is -2.31. The number of nitrogens with one attached hydrogen (secondary N) is 1. The van der Waals surface area contributed by atoms with Crippen LogP contribution in [-0.4, -0.2) is 57.4 Å². The van der Waals surface area contributed by atoms with Gasteiger partial charge in [0.2, 0.25) is 9.84 Å². The fraction of sp³-hybridized carbons (Fsp3) is 0.348. The molecule has 37 heavy (non-hydrogen) atoms. The number of hydrogen-bond acceptors (Lipinski definition) is 5. The second-order valence-corrected chi connectivity index (χ2v) is 12.4. The summed E-state index contributed by atoms with van der Waals surface area (Å²) in [5.74, 6) is -3.49. The molecule has 1 aromatic heterocycles. The number of hydrogen-bond donors (Lipinski definition) is 1. The highest BCUT2D eigenvalue weighted by molar-refractivity contribution is 7.93. The molecule has 200 valence electrons. The SMILES string of the molecule is Cn1c(S(=O)(=O)N2CCC(CNC(=O)C(F)(F)F)CC2)c(S(=O)(=O)c2ccccc2F)c2ccccc21. The molecule has 2 heterocycles. The van der Waals surface area contributed by atoms with Crippen LogP contribution in [0.3, 0.4) is 0 Å². The number of amides is 1. The van der Waals surface area contributed by atoms with Crippen molar-refractivity contribution in [1.82, 2.24) is 14.2 Å². The quantitative estimate of drug-likeness (QED) is 0.466. The minimum atomic E-state index is -5.02. The second kappa shape index (κ2) is 9.72. The smallest absolute Gasteiger partial charge is 0.348 e. The summed E-state index contributed by atoms with van der Waals surface area (Å²) in [4.78, 5) is 9.87. The van der Waals surface area contributed by atoms with Gasteiger partial charge in [0, 0.05) is 32.1 Å². The van der Waals surface area contributed by atoms with Crippen LogP contribution in [0.15, 0.2) is 63.3 Å². The van der Waals surface area contributed by atoms with Crippen LogP contribution in [0.2, 0.25) is 0 Å². The third-order valence-electron chi connectivity index (χ3n) is 6.37. The Morgan fingerprint density at radius 1 is 1.00 bits per heavy atom. The summed E-state index contributed by atoms with van der Waals surface area (Å²) in [5, 5.41) is 1.39. The van der Waals surface area contributed by atoms with Crippen molar-refractivity contribution < 1.29 is 39.2 Å². The number of piperidine rings is 1. The normalized spacial score (nSPS) is 16.2. The molecule has 0 aliphatic carbocycles. The zero-order valence-electron chi connectivity index (χ0n) is 19.5. The minimum absolute atomic E-state index is 0.102. The molecule has 3 aromatic rings. The first-order chi connectivity index (χ1) is 17.3. The highest BCUT2D eigenvalue weighted by Gasteiger charge is 2.41. The van der Waals surface area contributed by atoms with Crippen LogP contribution in [0.25, 0.3) is 10.9 Å². The van der Waals surface area contributed by atoms with Gasteiger partial charge >= 0.3 is 12.1 Å². The van der Waals surface area contributed by atoms with Crippen molar-refractivity contribution in [1.29, 1.82) is 0 Å². The monoisotopic (exact) mass is 561 g/mol. The molecule has 1 fully saturated rings. The molecule has 1 amide bonds. The number of para-hydroxylation sites is 1. The number of alkyl halides is 3. The zero-order valence-corrected chi connectivity index (χ0v) is 21.1. The maximum atomic E-state index is 14.6. The molecule has 1 aliphatic rings. The number of fused-ring (bicyclic) bond motifs is 1. The number of nitrogens with zero attached hydrogens (tertiary/aromatic N) is 2. The highest BCUT2D eigenvalue weighted by atomic mass is 32.2. The first kappa shape index (κ1) is 27.1. The van der Waals surface area contributed by atoms with E-state index >= 15 is 0 Å². The van der Waals surface area contributed by atoms with Gasteiger partial charge in [-0.2, -0.15) is 17.5 Å². The molecule has 8 nitrogen and oxygen atoms in total. The fourth-order valence-electron chi connectivity index (χ4n) is 4.47. The fourth-order valence-corrected chi connectivity index (χ4v) is 8.47. The molecular weight excluding hydrogens is 538 g/mol. The summed E-state index contributed by atoms with van der Waals surface area (Å²) >= 11 is 0. The van der Waals surface area contributed by atoms with Gasteiger partial charge < -0.3 is 9.88 Å². The van der Waals surface area contributed by atoms with Gasteiger partial charge in [0.15, 0.2) is 5.03 Å². The maximum Gasteiger partial charge on any atom is 0.471 e. The lowest BCUT2D eigenvalue weighted by atomic mass is 9.98. The Morgan fingerprint density at radius 2 is 1.59 bits per heavy atom. The summed E-state index contributed by atoms with van der Waals surface area (Å²) in [6.07, 6.45) is -4.72. The van der Waals surface area contributed by atoms with Gasteiger partial charge in [-0.25, -0.2) is 21.2 Å². The first-order valence-electron chi connectivity index (χ1n) is 11.2. The number of sulfone groups is 1. The highest BCUT2D eigenvalue weighted by Crippen LogP contribution is 2.38. The number of rotatable bonds is 6. The standard InChI is InChI=1S/C23H23F4N3O5S2/c1-29-18-8-4-2-6-16(18)20(36(32,33)19-9-5-3-7-17(19)24)21(29)37(34,35)30-12-10-15(11-13-30)14-28-22(31)23(25,26)27/h2-9,15H,10-14H2,1H3,(H,28,31). The Balaban J connectivity index is 1.70. The van der Waals surface area contributed by atoms with Gasteiger partial charge in [-0.1, -0.05) is 30.3 Å².